The first kappa shape index (κ1) is 16.3. The fourth-order valence-corrected chi connectivity index (χ4v) is 1.92. The smallest absolute Gasteiger partial charge is 0.253 e. The van der Waals surface area contributed by atoms with E-state index in [4.69, 9.17) is 5.73 Å². The molecule has 5 nitrogen and oxygen atoms in total. The molecule has 0 bridgehead atoms. The Kier molecular flexibility index (Phi) is 5.82. The molecular formula is C15H25N3O2. The standard InChI is InChI=1S/C15H25N3O2/c1-4-15(20,5-2)10-18-13-9-11(16)7-8-12(13)14(19)17-6-3/h7-9,18,20H,4-6,10,16H2,1-3H3,(H,17,19). The maximum atomic E-state index is 12.0. The molecule has 1 aromatic rings. The van der Waals surface area contributed by atoms with E-state index < -0.39 is 5.60 Å². The van der Waals surface area contributed by atoms with Crippen LogP contribution in [0.2, 0.25) is 0 Å². The van der Waals surface area contributed by atoms with Crippen molar-refractivity contribution in [2.45, 2.75) is 39.2 Å². The Balaban J connectivity index is 2.93. The average Bonchev–Trinajstić information content (AvgIpc) is 2.45. The minimum atomic E-state index is -0.775. The highest BCUT2D eigenvalue weighted by atomic mass is 16.3. The number of aliphatic hydroxyl groups is 1. The molecule has 112 valence electrons. The van der Waals surface area contributed by atoms with Gasteiger partial charge in [0.2, 0.25) is 0 Å². The lowest BCUT2D eigenvalue weighted by atomic mass is 9.97. The number of nitrogens with two attached hydrogens (primary N) is 1. The van der Waals surface area contributed by atoms with Gasteiger partial charge in [-0.05, 0) is 38.0 Å². The van der Waals surface area contributed by atoms with Crippen LogP contribution in [-0.2, 0) is 0 Å². The Bertz CT molecular complexity index is 456. The summed E-state index contributed by atoms with van der Waals surface area (Å²) in [4.78, 5) is 12.0. The fourth-order valence-electron chi connectivity index (χ4n) is 1.92. The minimum absolute atomic E-state index is 0.147. The van der Waals surface area contributed by atoms with Gasteiger partial charge in [-0.1, -0.05) is 13.8 Å². The summed E-state index contributed by atoms with van der Waals surface area (Å²) in [6.45, 7) is 6.70. The van der Waals surface area contributed by atoms with Gasteiger partial charge < -0.3 is 21.5 Å². The number of anilines is 2. The molecule has 0 spiro atoms. The van der Waals surface area contributed by atoms with E-state index in [0.29, 0.717) is 42.9 Å². The molecule has 0 aliphatic rings. The molecule has 0 saturated carbocycles. The summed E-state index contributed by atoms with van der Waals surface area (Å²) in [5, 5.41) is 16.2. The van der Waals surface area contributed by atoms with E-state index in [9.17, 15) is 9.90 Å². The molecule has 0 aromatic heterocycles. The molecule has 0 aliphatic heterocycles. The highest BCUT2D eigenvalue weighted by Gasteiger charge is 2.22. The first-order chi connectivity index (χ1) is 9.45. The average molecular weight is 279 g/mol. The van der Waals surface area contributed by atoms with E-state index in [2.05, 4.69) is 10.6 Å². The second-order valence-electron chi connectivity index (χ2n) is 4.95. The van der Waals surface area contributed by atoms with Gasteiger partial charge in [0.25, 0.3) is 5.91 Å². The molecule has 0 heterocycles. The third-order valence-electron chi connectivity index (χ3n) is 3.55. The quantitative estimate of drug-likeness (QED) is 0.575. The third-order valence-corrected chi connectivity index (χ3v) is 3.55. The molecule has 0 saturated heterocycles. The summed E-state index contributed by atoms with van der Waals surface area (Å²) >= 11 is 0. The molecule has 1 aromatic carbocycles. The Hall–Kier alpha value is -1.75. The molecule has 0 unspecified atom stereocenters. The molecule has 0 atom stereocenters. The van der Waals surface area contributed by atoms with Crippen LogP contribution in [0.3, 0.4) is 0 Å². The van der Waals surface area contributed by atoms with Crippen LogP contribution in [0.25, 0.3) is 0 Å². The van der Waals surface area contributed by atoms with Gasteiger partial charge in [-0.25, -0.2) is 0 Å². The minimum Gasteiger partial charge on any atom is -0.399 e. The SMILES string of the molecule is CCNC(=O)c1ccc(N)cc1NCC(O)(CC)CC. The monoisotopic (exact) mass is 279 g/mol. The van der Waals surface area contributed by atoms with E-state index in [-0.39, 0.29) is 5.91 Å². The van der Waals surface area contributed by atoms with Gasteiger partial charge in [0, 0.05) is 24.5 Å². The molecule has 1 amide bonds. The van der Waals surface area contributed by atoms with Gasteiger partial charge in [0.15, 0.2) is 0 Å². The van der Waals surface area contributed by atoms with Crippen LogP contribution < -0.4 is 16.4 Å². The zero-order chi connectivity index (χ0) is 15.2. The van der Waals surface area contributed by atoms with Gasteiger partial charge in [-0.2, -0.15) is 0 Å². The van der Waals surface area contributed by atoms with Crippen LogP contribution in [0.1, 0.15) is 44.0 Å². The number of nitrogen functional groups attached to an aromatic ring is 1. The number of carbonyl (C=O) groups is 1. The molecule has 0 aliphatic carbocycles. The van der Waals surface area contributed by atoms with Crippen molar-refractivity contribution < 1.29 is 9.90 Å². The topological polar surface area (TPSA) is 87.4 Å². The first-order valence-corrected chi connectivity index (χ1v) is 7.09. The zero-order valence-corrected chi connectivity index (χ0v) is 12.5. The summed E-state index contributed by atoms with van der Waals surface area (Å²) in [6.07, 6.45) is 1.30. The second-order valence-corrected chi connectivity index (χ2v) is 4.95. The lowest BCUT2D eigenvalue weighted by Crippen LogP contribution is -2.36. The van der Waals surface area contributed by atoms with E-state index in [0.717, 1.165) is 0 Å². The van der Waals surface area contributed by atoms with E-state index in [1.54, 1.807) is 18.2 Å². The van der Waals surface area contributed by atoms with Gasteiger partial charge in [0.1, 0.15) is 0 Å². The van der Waals surface area contributed by atoms with Crippen molar-refractivity contribution in [3.05, 3.63) is 23.8 Å². The van der Waals surface area contributed by atoms with Crippen LogP contribution in [0, 0.1) is 0 Å². The van der Waals surface area contributed by atoms with Crippen molar-refractivity contribution in [1.82, 2.24) is 5.32 Å². The maximum Gasteiger partial charge on any atom is 0.253 e. The summed E-state index contributed by atoms with van der Waals surface area (Å²) < 4.78 is 0. The second kappa shape index (κ2) is 7.14. The van der Waals surface area contributed by atoms with Crippen molar-refractivity contribution in [2.24, 2.45) is 0 Å². The molecule has 20 heavy (non-hydrogen) atoms. The normalized spacial score (nSPS) is 11.2. The van der Waals surface area contributed by atoms with Gasteiger partial charge in [-0.3, -0.25) is 4.79 Å². The summed E-state index contributed by atoms with van der Waals surface area (Å²) in [5.74, 6) is -0.147. The van der Waals surface area contributed by atoms with E-state index in [1.165, 1.54) is 0 Å². The summed E-state index contributed by atoms with van der Waals surface area (Å²) in [5.41, 5.74) is 6.76. The maximum absolute atomic E-state index is 12.0. The van der Waals surface area contributed by atoms with Crippen molar-refractivity contribution >= 4 is 17.3 Å². The van der Waals surface area contributed by atoms with Gasteiger partial charge in [-0.15, -0.1) is 0 Å². The Morgan fingerprint density at radius 3 is 2.50 bits per heavy atom. The van der Waals surface area contributed by atoms with Crippen molar-refractivity contribution in [3.63, 3.8) is 0 Å². The highest BCUT2D eigenvalue weighted by Crippen LogP contribution is 2.22. The fraction of sp³-hybridized carbons (Fsp3) is 0.533. The van der Waals surface area contributed by atoms with Crippen LogP contribution in [0.5, 0.6) is 0 Å². The number of nitrogens with one attached hydrogen (secondary N) is 2. The van der Waals surface area contributed by atoms with Crippen LogP contribution in [0.4, 0.5) is 11.4 Å². The van der Waals surface area contributed by atoms with Gasteiger partial charge in [0.05, 0.1) is 11.2 Å². The third kappa shape index (κ3) is 4.13. The molecule has 0 fully saturated rings. The highest BCUT2D eigenvalue weighted by molar-refractivity contribution is 6.00. The number of amides is 1. The predicted octanol–water partition coefficient (Wildman–Crippen LogP) is 1.98. The van der Waals surface area contributed by atoms with Crippen LogP contribution in [0.15, 0.2) is 18.2 Å². The number of rotatable bonds is 7. The Morgan fingerprint density at radius 2 is 1.95 bits per heavy atom. The van der Waals surface area contributed by atoms with E-state index >= 15 is 0 Å². The number of carbonyl (C=O) groups excluding carboxylic acids is 1. The molecule has 5 N–H and O–H groups in total. The number of hydrogen-bond donors (Lipinski definition) is 4. The van der Waals surface area contributed by atoms with Crippen LogP contribution >= 0.6 is 0 Å². The Labute approximate surface area is 120 Å². The number of benzene rings is 1. The lowest BCUT2D eigenvalue weighted by molar-refractivity contribution is 0.0456. The first-order valence-electron chi connectivity index (χ1n) is 7.09. The van der Waals surface area contributed by atoms with Crippen LogP contribution in [-0.4, -0.2) is 29.7 Å². The molecule has 0 radical (unpaired) electrons. The zero-order valence-electron chi connectivity index (χ0n) is 12.5. The molecule has 5 heteroatoms. The molecule has 1 rings (SSSR count). The number of hydrogen-bond acceptors (Lipinski definition) is 4. The van der Waals surface area contributed by atoms with Gasteiger partial charge >= 0.3 is 0 Å². The van der Waals surface area contributed by atoms with Crippen molar-refractivity contribution in [1.29, 1.82) is 0 Å². The van der Waals surface area contributed by atoms with Crippen molar-refractivity contribution in [3.8, 4) is 0 Å². The summed E-state index contributed by atoms with van der Waals surface area (Å²) in [7, 11) is 0. The lowest BCUT2D eigenvalue weighted by Gasteiger charge is -2.26. The Morgan fingerprint density at radius 1 is 1.30 bits per heavy atom. The largest absolute Gasteiger partial charge is 0.399 e. The van der Waals surface area contributed by atoms with Crippen molar-refractivity contribution in [2.75, 3.05) is 24.1 Å². The summed E-state index contributed by atoms with van der Waals surface area (Å²) in [6, 6.07) is 5.11. The molecular weight excluding hydrogens is 254 g/mol. The van der Waals surface area contributed by atoms with E-state index in [1.807, 2.05) is 20.8 Å². The predicted molar refractivity (Wildman–Crippen MR) is 82.9 cm³/mol.